The molecule has 0 aliphatic rings. The first kappa shape index (κ1) is 11.6. The Balaban J connectivity index is 3.11. The minimum atomic E-state index is -5.13. The predicted octanol–water partition coefficient (Wildman–Crippen LogP) is 1.72. The second-order valence-electron chi connectivity index (χ2n) is 2.47. The molecular formula is C7H5F5N2O. The number of ether oxygens (including phenoxy) is 1. The summed E-state index contributed by atoms with van der Waals surface area (Å²) < 4.78 is 63.7. The molecule has 0 bridgehead atoms. The van der Waals surface area contributed by atoms with Gasteiger partial charge in [-0.2, -0.15) is 4.39 Å². The van der Waals surface area contributed by atoms with Gasteiger partial charge in [0.2, 0.25) is 5.82 Å². The number of hydrogen-bond acceptors (Lipinski definition) is 3. The summed E-state index contributed by atoms with van der Waals surface area (Å²) in [5.41, 5.74) is 4.77. The monoisotopic (exact) mass is 228 g/mol. The molecule has 0 saturated carbocycles. The number of rotatable bonds is 2. The van der Waals surface area contributed by atoms with Crippen LogP contribution in [0, 0.1) is 11.6 Å². The van der Waals surface area contributed by atoms with E-state index in [2.05, 4.69) is 9.72 Å². The fraction of sp³-hybridized carbons (Fsp3) is 0.286. The van der Waals surface area contributed by atoms with Crippen LogP contribution in [0.15, 0.2) is 6.07 Å². The molecule has 0 fully saturated rings. The van der Waals surface area contributed by atoms with Crippen LogP contribution >= 0.6 is 0 Å². The van der Waals surface area contributed by atoms with Crippen LogP contribution in [0.25, 0.3) is 0 Å². The Hall–Kier alpha value is -1.44. The van der Waals surface area contributed by atoms with E-state index in [1.165, 1.54) is 0 Å². The van der Waals surface area contributed by atoms with Gasteiger partial charge in [0.25, 0.3) is 5.88 Å². The normalized spacial score (nSPS) is 11.6. The maximum Gasteiger partial charge on any atom is 0.574 e. The Morgan fingerprint density at radius 3 is 2.40 bits per heavy atom. The zero-order chi connectivity index (χ0) is 11.6. The standard InChI is InChI=1S/C7H5F5N2O/c8-4-1-3(2-13)14-6(5(4)9)15-7(10,11)12/h1H,2,13H2. The summed E-state index contributed by atoms with van der Waals surface area (Å²) in [6.45, 7) is -0.328. The highest BCUT2D eigenvalue weighted by atomic mass is 19.4. The summed E-state index contributed by atoms with van der Waals surface area (Å²) in [6, 6.07) is 0.596. The number of pyridine rings is 1. The summed E-state index contributed by atoms with van der Waals surface area (Å²) in [6.07, 6.45) is -5.13. The van der Waals surface area contributed by atoms with Crippen LogP contribution in [0.1, 0.15) is 5.69 Å². The maximum absolute atomic E-state index is 12.7. The van der Waals surface area contributed by atoms with Gasteiger partial charge in [0.05, 0.1) is 5.69 Å². The molecule has 15 heavy (non-hydrogen) atoms. The van der Waals surface area contributed by atoms with E-state index in [1.54, 1.807) is 0 Å². The Labute approximate surface area is 80.7 Å². The molecule has 0 aliphatic heterocycles. The Morgan fingerprint density at radius 1 is 1.33 bits per heavy atom. The second kappa shape index (κ2) is 3.97. The third-order valence-corrected chi connectivity index (χ3v) is 1.36. The van der Waals surface area contributed by atoms with Gasteiger partial charge in [0.15, 0.2) is 5.82 Å². The first-order chi connectivity index (χ1) is 6.83. The van der Waals surface area contributed by atoms with E-state index in [4.69, 9.17) is 5.73 Å². The van der Waals surface area contributed by atoms with E-state index in [0.717, 1.165) is 0 Å². The molecule has 3 nitrogen and oxygen atoms in total. The molecule has 0 aliphatic carbocycles. The zero-order valence-corrected chi connectivity index (χ0v) is 7.11. The minimum Gasteiger partial charge on any atom is -0.384 e. The van der Waals surface area contributed by atoms with Gasteiger partial charge in [-0.3, -0.25) is 0 Å². The topological polar surface area (TPSA) is 48.1 Å². The first-order valence-electron chi connectivity index (χ1n) is 3.64. The molecule has 0 aromatic carbocycles. The minimum absolute atomic E-state index is 0.242. The number of halogens is 5. The lowest BCUT2D eigenvalue weighted by atomic mass is 10.3. The van der Waals surface area contributed by atoms with Gasteiger partial charge >= 0.3 is 6.36 Å². The van der Waals surface area contributed by atoms with Crippen molar-refractivity contribution < 1.29 is 26.7 Å². The number of aromatic nitrogens is 1. The van der Waals surface area contributed by atoms with Crippen molar-refractivity contribution in [1.29, 1.82) is 0 Å². The summed E-state index contributed by atoms with van der Waals surface area (Å²) >= 11 is 0. The number of nitrogens with two attached hydrogens (primary N) is 1. The molecule has 0 amide bonds. The lowest BCUT2D eigenvalue weighted by Crippen LogP contribution is -2.20. The van der Waals surface area contributed by atoms with Crippen LogP contribution in [0.4, 0.5) is 22.0 Å². The van der Waals surface area contributed by atoms with Crippen molar-refractivity contribution in [1.82, 2.24) is 4.98 Å². The van der Waals surface area contributed by atoms with Crippen molar-refractivity contribution in [2.75, 3.05) is 0 Å². The molecule has 0 saturated heterocycles. The fourth-order valence-electron chi connectivity index (χ4n) is 0.805. The highest BCUT2D eigenvalue weighted by Crippen LogP contribution is 2.25. The van der Waals surface area contributed by atoms with Crippen LogP contribution in [0.3, 0.4) is 0 Å². The molecule has 0 unspecified atom stereocenters. The molecule has 0 radical (unpaired) electrons. The second-order valence-corrected chi connectivity index (χ2v) is 2.47. The van der Waals surface area contributed by atoms with Gasteiger partial charge < -0.3 is 10.5 Å². The van der Waals surface area contributed by atoms with Gasteiger partial charge in [-0.15, -0.1) is 13.2 Å². The molecule has 1 aromatic heterocycles. The third kappa shape index (κ3) is 3.01. The molecule has 1 heterocycles. The first-order valence-corrected chi connectivity index (χ1v) is 3.64. The van der Waals surface area contributed by atoms with Gasteiger partial charge in [-0.25, -0.2) is 9.37 Å². The predicted molar refractivity (Wildman–Crippen MR) is 38.7 cm³/mol. The van der Waals surface area contributed by atoms with Gasteiger partial charge in [0, 0.05) is 12.6 Å². The molecule has 0 atom stereocenters. The zero-order valence-electron chi connectivity index (χ0n) is 7.11. The van der Waals surface area contributed by atoms with E-state index in [-0.39, 0.29) is 12.2 Å². The Morgan fingerprint density at radius 2 is 1.93 bits per heavy atom. The Bertz CT molecular complexity index is 365. The molecule has 1 rings (SSSR count). The smallest absolute Gasteiger partial charge is 0.384 e. The van der Waals surface area contributed by atoms with Crippen molar-refractivity contribution in [3.8, 4) is 5.88 Å². The van der Waals surface area contributed by atoms with E-state index >= 15 is 0 Å². The van der Waals surface area contributed by atoms with Crippen LogP contribution in [0.2, 0.25) is 0 Å². The molecule has 8 heteroatoms. The van der Waals surface area contributed by atoms with E-state index in [0.29, 0.717) is 6.07 Å². The average molecular weight is 228 g/mol. The highest BCUT2D eigenvalue weighted by Gasteiger charge is 2.34. The van der Waals surface area contributed by atoms with Gasteiger partial charge in [0.1, 0.15) is 0 Å². The summed E-state index contributed by atoms with van der Waals surface area (Å²) in [5, 5.41) is 0. The van der Waals surface area contributed by atoms with Crippen molar-refractivity contribution >= 4 is 0 Å². The van der Waals surface area contributed by atoms with Gasteiger partial charge in [-0.05, 0) is 0 Å². The van der Waals surface area contributed by atoms with E-state index in [9.17, 15) is 22.0 Å². The van der Waals surface area contributed by atoms with E-state index in [1.807, 2.05) is 0 Å². The number of alkyl halides is 3. The lowest BCUT2D eigenvalue weighted by molar-refractivity contribution is -0.277. The van der Waals surface area contributed by atoms with Gasteiger partial charge in [-0.1, -0.05) is 0 Å². The highest BCUT2D eigenvalue weighted by molar-refractivity contribution is 5.20. The lowest BCUT2D eigenvalue weighted by Gasteiger charge is -2.09. The van der Waals surface area contributed by atoms with Crippen molar-refractivity contribution in [3.63, 3.8) is 0 Å². The Kier molecular flexibility index (Phi) is 3.08. The largest absolute Gasteiger partial charge is 0.574 e. The van der Waals surface area contributed by atoms with Crippen molar-refractivity contribution in [2.45, 2.75) is 12.9 Å². The number of hydrogen-bond donors (Lipinski definition) is 1. The van der Waals surface area contributed by atoms with Crippen LogP contribution < -0.4 is 10.5 Å². The molecule has 2 N–H and O–H groups in total. The summed E-state index contributed by atoms with van der Waals surface area (Å²) in [5.74, 6) is -4.77. The summed E-state index contributed by atoms with van der Waals surface area (Å²) in [4.78, 5) is 3.05. The SMILES string of the molecule is NCc1cc(F)c(F)c(OC(F)(F)F)n1. The molecule has 1 aromatic rings. The molecule has 84 valence electrons. The summed E-state index contributed by atoms with van der Waals surface area (Å²) in [7, 11) is 0. The van der Waals surface area contributed by atoms with Crippen molar-refractivity contribution in [2.24, 2.45) is 5.73 Å². The fourth-order valence-corrected chi connectivity index (χ4v) is 0.805. The molecule has 0 spiro atoms. The maximum atomic E-state index is 12.7. The van der Waals surface area contributed by atoms with Crippen LogP contribution in [-0.4, -0.2) is 11.3 Å². The molecular weight excluding hydrogens is 223 g/mol. The quantitative estimate of drug-likeness (QED) is 0.784. The average Bonchev–Trinajstić information content (AvgIpc) is 2.10. The van der Waals surface area contributed by atoms with Crippen molar-refractivity contribution in [3.05, 3.63) is 23.4 Å². The van der Waals surface area contributed by atoms with E-state index < -0.39 is 23.9 Å². The third-order valence-electron chi connectivity index (χ3n) is 1.36. The number of nitrogens with zero attached hydrogens (tertiary/aromatic N) is 1. The van der Waals surface area contributed by atoms with Crippen LogP contribution in [0.5, 0.6) is 5.88 Å². The van der Waals surface area contributed by atoms with Crippen LogP contribution in [-0.2, 0) is 6.54 Å².